The number of thioether (sulfide) groups is 1. The van der Waals surface area contributed by atoms with Crippen LogP contribution in [0.5, 0.6) is 0 Å². The Kier molecular flexibility index (Phi) is 5.44. The highest BCUT2D eigenvalue weighted by atomic mass is 35.5. The number of hydrogen-bond acceptors (Lipinski definition) is 4. The lowest BCUT2D eigenvalue weighted by atomic mass is 10.1. The van der Waals surface area contributed by atoms with Gasteiger partial charge in [-0.25, -0.2) is 4.99 Å². The molecule has 120 valence electrons. The average molecular weight is 349 g/mol. The average Bonchev–Trinajstić information content (AvgIpc) is 2.93. The zero-order valence-electron chi connectivity index (χ0n) is 12.8. The van der Waals surface area contributed by atoms with Crippen molar-refractivity contribution in [1.29, 1.82) is 0 Å². The van der Waals surface area contributed by atoms with Gasteiger partial charge < -0.3 is 5.32 Å². The second-order valence-electron chi connectivity index (χ2n) is 5.50. The smallest absolute Gasteiger partial charge is 0.226 e. The van der Waals surface area contributed by atoms with Gasteiger partial charge in [0.1, 0.15) is 5.04 Å². The molecule has 0 spiro atoms. The fourth-order valence-corrected chi connectivity index (χ4v) is 3.35. The van der Waals surface area contributed by atoms with Gasteiger partial charge in [-0.15, -0.1) is 12.4 Å². The molecule has 1 amide bonds. The molecule has 0 bridgehead atoms. The van der Waals surface area contributed by atoms with Crippen molar-refractivity contribution in [2.24, 2.45) is 10.9 Å². The Hall–Kier alpha value is -1.85. The van der Waals surface area contributed by atoms with Crippen LogP contribution >= 0.6 is 24.2 Å². The third kappa shape index (κ3) is 3.74. The summed E-state index contributed by atoms with van der Waals surface area (Å²) >= 11 is 1.57. The molecule has 1 atom stereocenters. The molecule has 1 aromatic carbocycles. The van der Waals surface area contributed by atoms with Gasteiger partial charge in [-0.2, -0.15) is 0 Å². The molecule has 23 heavy (non-hydrogen) atoms. The predicted octanol–water partition coefficient (Wildman–Crippen LogP) is 3.91. The molecule has 1 aromatic rings. The fraction of sp³-hybridized carbons (Fsp3) is 0.235. The van der Waals surface area contributed by atoms with E-state index in [1.807, 2.05) is 44.2 Å². The van der Waals surface area contributed by atoms with Crippen LogP contribution < -0.4 is 5.32 Å². The van der Waals surface area contributed by atoms with E-state index >= 15 is 0 Å². The molecule has 1 unspecified atom stereocenters. The van der Waals surface area contributed by atoms with Crippen LogP contribution in [0.3, 0.4) is 0 Å². The molecule has 2 aliphatic heterocycles. The second-order valence-corrected chi connectivity index (χ2v) is 6.63. The minimum atomic E-state index is -0.0468. The lowest BCUT2D eigenvalue weighted by Crippen LogP contribution is -2.17. The Morgan fingerprint density at radius 3 is 2.57 bits per heavy atom. The van der Waals surface area contributed by atoms with Crippen LogP contribution in [-0.4, -0.2) is 16.7 Å². The number of carbonyl (C=O) groups is 2. The highest BCUT2D eigenvalue weighted by molar-refractivity contribution is 8.15. The van der Waals surface area contributed by atoms with Crippen LogP contribution in [0.4, 0.5) is 5.69 Å². The Labute approximate surface area is 145 Å². The van der Waals surface area contributed by atoms with E-state index in [9.17, 15) is 9.59 Å². The largest absolute Gasteiger partial charge is 0.326 e. The van der Waals surface area contributed by atoms with E-state index in [0.29, 0.717) is 5.57 Å². The third-order valence-electron chi connectivity index (χ3n) is 3.50. The predicted molar refractivity (Wildman–Crippen MR) is 97.2 cm³/mol. The number of allylic oxidation sites excluding steroid dienone is 1. The van der Waals surface area contributed by atoms with Crippen molar-refractivity contribution in [1.82, 2.24) is 0 Å². The van der Waals surface area contributed by atoms with E-state index in [1.165, 1.54) is 6.08 Å². The molecule has 3 rings (SSSR count). The minimum Gasteiger partial charge on any atom is -0.326 e. The Morgan fingerprint density at radius 2 is 1.96 bits per heavy atom. The number of aliphatic imine (C=N–C) groups is 1. The zero-order chi connectivity index (χ0) is 15.7. The van der Waals surface area contributed by atoms with Crippen molar-refractivity contribution in [3.63, 3.8) is 0 Å². The highest BCUT2D eigenvalue weighted by Crippen LogP contribution is 2.41. The number of anilines is 1. The molecule has 1 N–H and O–H groups in total. The number of benzene rings is 1. The molecule has 0 saturated carbocycles. The molecule has 0 aliphatic carbocycles. The first-order chi connectivity index (χ1) is 10.5. The molecular formula is C17H17ClN2O2S. The van der Waals surface area contributed by atoms with Crippen LogP contribution in [0.1, 0.15) is 24.7 Å². The summed E-state index contributed by atoms with van der Waals surface area (Å²) in [7, 11) is 0. The monoisotopic (exact) mass is 348 g/mol. The maximum absolute atomic E-state index is 11.8. The van der Waals surface area contributed by atoms with Crippen molar-refractivity contribution in [3.05, 3.63) is 53.8 Å². The van der Waals surface area contributed by atoms with Gasteiger partial charge in [0.2, 0.25) is 5.91 Å². The van der Waals surface area contributed by atoms with Gasteiger partial charge in [0, 0.05) is 23.9 Å². The van der Waals surface area contributed by atoms with Crippen LogP contribution in [0.2, 0.25) is 0 Å². The molecule has 0 fully saturated rings. The zero-order valence-corrected chi connectivity index (χ0v) is 14.4. The van der Waals surface area contributed by atoms with Gasteiger partial charge in [0.05, 0.1) is 10.8 Å². The van der Waals surface area contributed by atoms with Crippen molar-refractivity contribution >= 4 is 46.6 Å². The molecule has 4 nitrogen and oxygen atoms in total. The summed E-state index contributed by atoms with van der Waals surface area (Å²) in [4.78, 5) is 27.7. The van der Waals surface area contributed by atoms with E-state index in [2.05, 4.69) is 10.3 Å². The van der Waals surface area contributed by atoms with Gasteiger partial charge in [-0.05, 0) is 17.7 Å². The van der Waals surface area contributed by atoms with Crippen LogP contribution in [0, 0.1) is 5.92 Å². The normalized spacial score (nSPS) is 18.9. The van der Waals surface area contributed by atoms with Gasteiger partial charge in [0.25, 0.3) is 0 Å². The number of carbonyl (C=O) groups excluding carboxylic acids is 2. The van der Waals surface area contributed by atoms with Crippen molar-refractivity contribution in [2.75, 3.05) is 5.32 Å². The maximum Gasteiger partial charge on any atom is 0.226 e. The molecule has 0 saturated heterocycles. The molecule has 0 radical (unpaired) electrons. The summed E-state index contributed by atoms with van der Waals surface area (Å²) in [5.41, 5.74) is 2.56. The van der Waals surface area contributed by atoms with Gasteiger partial charge in [-0.3, -0.25) is 9.59 Å². The number of fused-ring (bicyclic) bond motifs is 1. The number of nitrogens with zero attached hydrogens (tertiary/aromatic N) is 1. The molecule has 0 aromatic heterocycles. The van der Waals surface area contributed by atoms with Crippen molar-refractivity contribution in [3.8, 4) is 0 Å². The maximum atomic E-state index is 11.8. The Bertz CT molecular complexity index is 721. The first-order valence-electron chi connectivity index (χ1n) is 7.13. The highest BCUT2D eigenvalue weighted by Gasteiger charge is 2.28. The summed E-state index contributed by atoms with van der Waals surface area (Å²) in [5, 5.41) is 3.74. The first-order valence-corrected chi connectivity index (χ1v) is 8.01. The molecule has 2 aliphatic rings. The summed E-state index contributed by atoms with van der Waals surface area (Å²) in [5.74, 6) is -0.0302. The minimum absolute atomic E-state index is 0. The van der Waals surface area contributed by atoms with Gasteiger partial charge in [-0.1, -0.05) is 43.8 Å². The number of rotatable bonds is 3. The summed E-state index contributed by atoms with van der Waals surface area (Å²) < 4.78 is 0. The fourth-order valence-electron chi connectivity index (χ4n) is 2.20. The third-order valence-corrected chi connectivity index (χ3v) is 4.71. The van der Waals surface area contributed by atoms with Gasteiger partial charge in [0.15, 0.2) is 5.78 Å². The number of amides is 1. The lowest BCUT2D eigenvalue weighted by molar-refractivity contribution is -0.119. The van der Waals surface area contributed by atoms with E-state index in [1.54, 1.807) is 18.0 Å². The molecular weight excluding hydrogens is 332 g/mol. The Balaban J connectivity index is 0.00000192. The van der Waals surface area contributed by atoms with E-state index in [4.69, 9.17) is 0 Å². The summed E-state index contributed by atoms with van der Waals surface area (Å²) in [6.45, 7) is 3.72. The van der Waals surface area contributed by atoms with E-state index in [0.717, 1.165) is 16.3 Å². The molecule has 6 heteroatoms. The number of hydrogen-bond donors (Lipinski definition) is 1. The second kappa shape index (κ2) is 7.15. The van der Waals surface area contributed by atoms with Crippen LogP contribution in [-0.2, 0) is 9.59 Å². The first kappa shape index (κ1) is 17.5. The SMILES string of the molecule is CC(C)C(=O)Nc1ccc(C2C=C3C(=O)C=CN=C3S2)cc1.Cl. The number of ketones is 1. The lowest BCUT2D eigenvalue weighted by Gasteiger charge is -2.10. The summed E-state index contributed by atoms with van der Waals surface area (Å²) in [6, 6.07) is 7.72. The van der Waals surface area contributed by atoms with E-state index < -0.39 is 0 Å². The topological polar surface area (TPSA) is 58.5 Å². The molecule has 2 heterocycles. The van der Waals surface area contributed by atoms with Crippen molar-refractivity contribution < 1.29 is 9.59 Å². The Morgan fingerprint density at radius 1 is 1.26 bits per heavy atom. The summed E-state index contributed by atoms with van der Waals surface area (Å²) in [6.07, 6.45) is 4.99. The standard InChI is InChI=1S/C17H16N2O2S.ClH/c1-10(2)16(21)19-12-5-3-11(4-6-12)15-9-13-14(20)7-8-18-17(13)22-15;/h3-10,15H,1-2H3,(H,19,21);1H. The van der Waals surface area contributed by atoms with Gasteiger partial charge >= 0.3 is 0 Å². The van der Waals surface area contributed by atoms with Crippen LogP contribution in [0.25, 0.3) is 0 Å². The number of nitrogens with one attached hydrogen (secondary N) is 1. The van der Waals surface area contributed by atoms with E-state index in [-0.39, 0.29) is 35.3 Å². The van der Waals surface area contributed by atoms with Crippen LogP contribution in [0.15, 0.2) is 53.2 Å². The number of halogens is 1. The quantitative estimate of drug-likeness (QED) is 0.900. The van der Waals surface area contributed by atoms with Crippen molar-refractivity contribution in [2.45, 2.75) is 19.1 Å².